The van der Waals surface area contributed by atoms with Crippen molar-refractivity contribution in [1.82, 2.24) is 4.98 Å². The first-order valence-corrected chi connectivity index (χ1v) is 4.30. The van der Waals surface area contributed by atoms with Gasteiger partial charge in [0.25, 0.3) is 5.97 Å². The van der Waals surface area contributed by atoms with Crippen molar-refractivity contribution in [1.29, 1.82) is 0 Å². The number of aliphatic carboxylic acids is 1. The molecule has 0 aliphatic carbocycles. The topological polar surface area (TPSA) is 50.2 Å². The minimum atomic E-state index is -0.833. The molecule has 1 N–H and O–H groups in total. The second-order valence-corrected chi connectivity index (χ2v) is 2.83. The van der Waals surface area contributed by atoms with Gasteiger partial charge in [-0.25, -0.2) is 4.39 Å². The third-order valence-corrected chi connectivity index (χ3v) is 1.58. The number of rotatable bonds is 0. The second kappa shape index (κ2) is 5.05. The van der Waals surface area contributed by atoms with E-state index < -0.39 is 5.97 Å². The summed E-state index contributed by atoms with van der Waals surface area (Å²) in [6.07, 6.45) is 1.59. The van der Waals surface area contributed by atoms with Crippen molar-refractivity contribution >= 4 is 16.9 Å². The van der Waals surface area contributed by atoms with Crippen LogP contribution in [-0.2, 0) is 4.79 Å². The number of para-hydroxylation sites is 1. The summed E-state index contributed by atoms with van der Waals surface area (Å²) in [7, 11) is 0. The fraction of sp³-hybridized carbons (Fsp3) is 0.0909. The Morgan fingerprint density at radius 1 is 1.33 bits per heavy atom. The van der Waals surface area contributed by atoms with Gasteiger partial charge in [0.15, 0.2) is 0 Å². The summed E-state index contributed by atoms with van der Waals surface area (Å²) in [5.41, 5.74) is 0.440. The lowest BCUT2D eigenvalue weighted by atomic mass is 10.2. The number of nitrogens with zero attached hydrogens (tertiary/aromatic N) is 1. The van der Waals surface area contributed by atoms with Crippen LogP contribution in [0.3, 0.4) is 0 Å². The quantitative estimate of drug-likeness (QED) is 0.721. The van der Waals surface area contributed by atoms with E-state index in [-0.39, 0.29) is 5.82 Å². The highest BCUT2D eigenvalue weighted by Gasteiger charge is 1.97. The Morgan fingerprint density at radius 2 is 1.93 bits per heavy atom. The van der Waals surface area contributed by atoms with E-state index in [4.69, 9.17) is 9.90 Å². The molecule has 0 radical (unpaired) electrons. The Balaban J connectivity index is 0.000000245. The number of fused-ring (bicyclic) bond motifs is 1. The van der Waals surface area contributed by atoms with E-state index in [1.165, 1.54) is 6.07 Å². The maximum Gasteiger partial charge on any atom is 0.300 e. The van der Waals surface area contributed by atoms with Gasteiger partial charge in [0.05, 0.1) is 0 Å². The van der Waals surface area contributed by atoms with Crippen molar-refractivity contribution in [3.8, 4) is 0 Å². The van der Waals surface area contributed by atoms with Crippen molar-refractivity contribution in [2.24, 2.45) is 0 Å². The highest BCUT2D eigenvalue weighted by atomic mass is 19.1. The fourth-order valence-corrected chi connectivity index (χ4v) is 1.07. The number of benzene rings is 1. The van der Waals surface area contributed by atoms with E-state index in [9.17, 15) is 4.39 Å². The minimum Gasteiger partial charge on any atom is -0.481 e. The molecule has 0 unspecified atom stereocenters. The molecule has 1 aromatic heterocycles. The first-order valence-electron chi connectivity index (χ1n) is 4.30. The van der Waals surface area contributed by atoms with Crippen molar-refractivity contribution in [3.63, 3.8) is 0 Å². The molecule has 0 bridgehead atoms. The normalized spacial score (nSPS) is 9.20. The van der Waals surface area contributed by atoms with Gasteiger partial charge in [-0.2, -0.15) is 0 Å². The lowest BCUT2D eigenvalue weighted by Crippen LogP contribution is -1.81. The van der Waals surface area contributed by atoms with Crippen LogP contribution in [0.2, 0.25) is 0 Å². The maximum absolute atomic E-state index is 12.9. The van der Waals surface area contributed by atoms with Gasteiger partial charge in [0, 0.05) is 18.5 Å². The van der Waals surface area contributed by atoms with Crippen LogP contribution >= 0.6 is 0 Å². The third kappa shape index (κ3) is 3.34. The van der Waals surface area contributed by atoms with Crippen molar-refractivity contribution < 1.29 is 14.3 Å². The maximum atomic E-state index is 12.9. The number of aromatic nitrogens is 1. The average molecular weight is 207 g/mol. The standard InChI is InChI=1S/C9H6FN.C2H4O2/c10-8-5-1-3-7-4-2-6-11-9(7)8;1-2(3)4/h1-6H;1H3,(H,3,4). The second-order valence-electron chi connectivity index (χ2n) is 2.83. The molecule has 2 rings (SSSR count). The van der Waals surface area contributed by atoms with Gasteiger partial charge in [-0.3, -0.25) is 9.78 Å². The Bertz CT molecular complexity index is 462. The van der Waals surface area contributed by atoms with Crippen LogP contribution in [0.5, 0.6) is 0 Å². The van der Waals surface area contributed by atoms with Crippen LogP contribution in [0, 0.1) is 5.82 Å². The number of hydrogen-bond acceptors (Lipinski definition) is 2. The molecule has 0 atom stereocenters. The molecule has 0 spiro atoms. The molecule has 0 aliphatic heterocycles. The number of halogens is 1. The van der Waals surface area contributed by atoms with Crippen LogP contribution < -0.4 is 0 Å². The summed E-state index contributed by atoms with van der Waals surface area (Å²) < 4.78 is 12.9. The van der Waals surface area contributed by atoms with E-state index in [1.807, 2.05) is 12.1 Å². The highest BCUT2D eigenvalue weighted by molar-refractivity contribution is 5.78. The lowest BCUT2D eigenvalue weighted by molar-refractivity contribution is -0.134. The van der Waals surface area contributed by atoms with E-state index >= 15 is 0 Å². The Kier molecular flexibility index (Phi) is 3.74. The van der Waals surface area contributed by atoms with Gasteiger partial charge in [-0.05, 0) is 12.1 Å². The van der Waals surface area contributed by atoms with Crippen LogP contribution in [-0.4, -0.2) is 16.1 Å². The molecule has 4 heteroatoms. The van der Waals surface area contributed by atoms with Gasteiger partial charge in [-0.15, -0.1) is 0 Å². The Morgan fingerprint density at radius 3 is 2.53 bits per heavy atom. The molecule has 0 fully saturated rings. The van der Waals surface area contributed by atoms with Crippen molar-refractivity contribution in [2.45, 2.75) is 6.92 Å². The SMILES string of the molecule is CC(=O)O.Fc1cccc2cccnc12. The van der Waals surface area contributed by atoms with E-state index in [1.54, 1.807) is 18.3 Å². The first-order chi connectivity index (χ1) is 7.11. The van der Waals surface area contributed by atoms with Gasteiger partial charge in [0.2, 0.25) is 0 Å². The van der Waals surface area contributed by atoms with E-state index in [0.717, 1.165) is 12.3 Å². The molecule has 1 aromatic carbocycles. The van der Waals surface area contributed by atoms with Crippen LogP contribution in [0.15, 0.2) is 36.5 Å². The lowest BCUT2D eigenvalue weighted by Gasteiger charge is -1.94. The molecule has 0 saturated heterocycles. The van der Waals surface area contributed by atoms with Gasteiger partial charge in [0.1, 0.15) is 11.3 Å². The van der Waals surface area contributed by atoms with Gasteiger partial charge in [-0.1, -0.05) is 18.2 Å². The highest BCUT2D eigenvalue weighted by Crippen LogP contribution is 2.13. The molecule has 1 heterocycles. The minimum absolute atomic E-state index is 0.261. The molecule has 3 nitrogen and oxygen atoms in total. The summed E-state index contributed by atoms with van der Waals surface area (Å²) in [5, 5.41) is 8.26. The summed E-state index contributed by atoms with van der Waals surface area (Å²) in [5.74, 6) is -1.09. The van der Waals surface area contributed by atoms with Crippen molar-refractivity contribution in [3.05, 3.63) is 42.3 Å². The van der Waals surface area contributed by atoms with Crippen molar-refractivity contribution in [2.75, 3.05) is 0 Å². The van der Waals surface area contributed by atoms with E-state index in [0.29, 0.717) is 5.52 Å². The molecule has 78 valence electrons. The first kappa shape index (κ1) is 11.1. The summed E-state index contributed by atoms with van der Waals surface area (Å²) >= 11 is 0. The monoisotopic (exact) mass is 207 g/mol. The Labute approximate surface area is 86.2 Å². The molecule has 0 amide bonds. The molecular weight excluding hydrogens is 197 g/mol. The summed E-state index contributed by atoms with van der Waals surface area (Å²) in [4.78, 5) is 12.9. The Hall–Kier alpha value is -1.97. The van der Waals surface area contributed by atoms with Crippen LogP contribution in [0.4, 0.5) is 4.39 Å². The zero-order valence-electron chi connectivity index (χ0n) is 8.14. The number of carboxylic acids is 1. The predicted molar refractivity (Wildman–Crippen MR) is 55.0 cm³/mol. The van der Waals surface area contributed by atoms with Gasteiger partial charge < -0.3 is 5.11 Å². The molecular formula is C11H10FNO2. The van der Waals surface area contributed by atoms with Gasteiger partial charge >= 0.3 is 0 Å². The average Bonchev–Trinajstić information content (AvgIpc) is 2.18. The predicted octanol–water partition coefficient (Wildman–Crippen LogP) is 2.46. The zero-order valence-corrected chi connectivity index (χ0v) is 8.14. The van der Waals surface area contributed by atoms with E-state index in [2.05, 4.69) is 4.98 Å². The molecule has 0 saturated carbocycles. The smallest absolute Gasteiger partial charge is 0.300 e. The fourth-order valence-electron chi connectivity index (χ4n) is 1.07. The molecule has 2 aromatic rings. The largest absolute Gasteiger partial charge is 0.481 e. The summed E-state index contributed by atoms with van der Waals surface area (Å²) in [6.45, 7) is 1.08. The number of hydrogen-bond donors (Lipinski definition) is 1. The number of carbonyl (C=O) groups is 1. The summed E-state index contributed by atoms with van der Waals surface area (Å²) in [6, 6.07) is 8.56. The molecule has 0 aliphatic rings. The van der Waals surface area contributed by atoms with Crippen LogP contribution in [0.25, 0.3) is 10.9 Å². The zero-order chi connectivity index (χ0) is 11.3. The third-order valence-electron chi connectivity index (χ3n) is 1.58. The number of carboxylic acid groups (broad SMARTS) is 1. The molecule has 15 heavy (non-hydrogen) atoms. The van der Waals surface area contributed by atoms with Crippen LogP contribution in [0.1, 0.15) is 6.92 Å². The number of pyridine rings is 1.